The summed E-state index contributed by atoms with van der Waals surface area (Å²) in [5.41, 5.74) is 2.15. The number of carbonyl (C=O) groups is 1. The number of aromatic amines is 1. The first-order chi connectivity index (χ1) is 13.2. The first-order valence-corrected chi connectivity index (χ1v) is 10.0. The molecule has 1 saturated carbocycles. The molecule has 2 aliphatic heterocycles. The fourth-order valence-corrected chi connectivity index (χ4v) is 4.35. The Labute approximate surface area is 163 Å². The topological polar surface area (TPSA) is 70.2 Å². The van der Waals surface area contributed by atoms with Crippen molar-refractivity contribution in [2.45, 2.75) is 37.5 Å². The number of aromatic nitrogens is 2. The van der Waals surface area contributed by atoms with Gasteiger partial charge in [-0.3, -0.25) is 14.8 Å². The van der Waals surface area contributed by atoms with Crippen LogP contribution in [0.1, 0.15) is 29.8 Å². The van der Waals surface area contributed by atoms with E-state index in [-0.39, 0.29) is 11.9 Å². The second kappa shape index (κ2) is 6.93. The number of rotatable bonds is 4. The summed E-state index contributed by atoms with van der Waals surface area (Å²) in [6.45, 7) is 2.70. The summed E-state index contributed by atoms with van der Waals surface area (Å²) < 4.78 is 6.03. The third kappa shape index (κ3) is 3.61. The number of nitrogens with zero attached hydrogens (tertiary/aromatic N) is 2. The lowest BCUT2D eigenvalue weighted by Gasteiger charge is -2.35. The normalized spacial score (nSPS) is 28.1. The summed E-state index contributed by atoms with van der Waals surface area (Å²) in [6, 6.07) is 9.79. The summed E-state index contributed by atoms with van der Waals surface area (Å²) in [5.74, 6) is 0.656. The molecule has 0 unspecified atom stereocenters. The molecule has 2 saturated heterocycles. The summed E-state index contributed by atoms with van der Waals surface area (Å²) >= 11 is 5.93. The number of nitrogens with one attached hydrogen (secondary N) is 2. The van der Waals surface area contributed by atoms with Crippen molar-refractivity contribution in [1.82, 2.24) is 20.4 Å². The predicted octanol–water partition coefficient (Wildman–Crippen LogP) is 2.71. The summed E-state index contributed by atoms with van der Waals surface area (Å²) in [5, 5.41) is 10.9. The molecule has 2 aromatic rings. The minimum absolute atomic E-state index is 0.104. The lowest BCUT2D eigenvalue weighted by Crippen LogP contribution is -2.47. The van der Waals surface area contributed by atoms with Crippen molar-refractivity contribution in [3.05, 3.63) is 41.0 Å². The van der Waals surface area contributed by atoms with Crippen LogP contribution in [0, 0.1) is 5.92 Å². The van der Waals surface area contributed by atoms with E-state index in [4.69, 9.17) is 16.3 Å². The molecule has 7 heteroatoms. The zero-order valence-corrected chi connectivity index (χ0v) is 15.8. The molecule has 2 N–H and O–H groups in total. The number of fused-ring (bicyclic) bond motifs is 1. The molecule has 0 spiro atoms. The van der Waals surface area contributed by atoms with Crippen molar-refractivity contribution >= 4 is 17.5 Å². The van der Waals surface area contributed by atoms with Crippen LogP contribution in [0.25, 0.3) is 11.3 Å². The van der Waals surface area contributed by atoms with Gasteiger partial charge in [-0.25, -0.2) is 0 Å². The standard InChI is InChI=1S/C20H23ClN4O2/c21-14-5-3-12(4-6-14)17-8-18(24-23-17)20(26)22-15-7-16-11-27-19(13-1-2-13)10-25(16)9-15/h3-6,8,13,15-16,19H,1-2,7,9-11H2,(H,22,26)(H,23,24)/t15-,16-,19+/m0/s1. The smallest absolute Gasteiger partial charge is 0.269 e. The number of ether oxygens (including phenoxy) is 1. The van der Waals surface area contributed by atoms with Gasteiger partial charge in [0.05, 0.1) is 18.4 Å². The molecule has 1 aliphatic carbocycles. The van der Waals surface area contributed by atoms with E-state index in [0.717, 1.165) is 43.3 Å². The third-order valence-corrected chi connectivity index (χ3v) is 6.14. The van der Waals surface area contributed by atoms with E-state index < -0.39 is 0 Å². The number of carbonyl (C=O) groups excluding carboxylic acids is 1. The molecule has 1 aromatic heterocycles. The van der Waals surface area contributed by atoms with Gasteiger partial charge in [-0.05, 0) is 43.4 Å². The SMILES string of the molecule is O=C(N[C@H]1C[C@H]2CO[C@@H](C3CC3)CN2C1)c1cc(-c2ccc(Cl)cc2)n[nH]1. The van der Waals surface area contributed by atoms with Crippen molar-refractivity contribution < 1.29 is 9.53 Å². The Bertz CT molecular complexity index is 833. The summed E-state index contributed by atoms with van der Waals surface area (Å²) in [6.07, 6.45) is 3.95. The van der Waals surface area contributed by atoms with E-state index in [2.05, 4.69) is 20.4 Å². The number of H-pyrrole nitrogens is 1. The minimum Gasteiger partial charge on any atom is -0.375 e. The monoisotopic (exact) mass is 386 g/mol. The van der Waals surface area contributed by atoms with E-state index in [1.807, 2.05) is 24.3 Å². The molecule has 1 aromatic carbocycles. The van der Waals surface area contributed by atoms with E-state index in [0.29, 0.717) is 22.9 Å². The van der Waals surface area contributed by atoms with Crippen molar-refractivity contribution in [3.63, 3.8) is 0 Å². The number of benzene rings is 1. The van der Waals surface area contributed by atoms with Gasteiger partial charge in [0, 0.05) is 35.8 Å². The number of hydrogen-bond donors (Lipinski definition) is 2. The van der Waals surface area contributed by atoms with Crippen LogP contribution in [0.2, 0.25) is 5.02 Å². The molecular weight excluding hydrogens is 364 g/mol. The Morgan fingerprint density at radius 3 is 2.85 bits per heavy atom. The van der Waals surface area contributed by atoms with Gasteiger partial charge in [-0.15, -0.1) is 0 Å². The fraction of sp³-hybridized carbons (Fsp3) is 0.500. The maximum absolute atomic E-state index is 12.6. The minimum atomic E-state index is -0.104. The molecule has 5 rings (SSSR count). The van der Waals surface area contributed by atoms with Crippen LogP contribution in [0.4, 0.5) is 0 Å². The molecule has 3 heterocycles. The highest BCUT2D eigenvalue weighted by Gasteiger charge is 2.42. The lowest BCUT2D eigenvalue weighted by atomic mass is 10.1. The Kier molecular flexibility index (Phi) is 4.42. The molecule has 27 heavy (non-hydrogen) atoms. The second-order valence-corrected chi connectivity index (χ2v) is 8.33. The average molecular weight is 387 g/mol. The molecule has 3 fully saturated rings. The van der Waals surface area contributed by atoms with Crippen molar-refractivity contribution in [1.29, 1.82) is 0 Å². The average Bonchev–Trinajstić information content (AvgIpc) is 3.25. The summed E-state index contributed by atoms with van der Waals surface area (Å²) in [7, 11) is 0. The number of hydrogen-bond acceptors (Lipinski definition) is 4. The van der Waals surface area contributed by atoms with Gasteiger partial charge < -0.3 is 10.1 Å². The van der Waals surface area contributed by atoms with Crippen LogP contribution in [-0.2, 0) is 4.74 Å². The Balaban J connectivity index is 1.20. The third-order valence-electron chi connectivity index (χ3n) is 5.89. The fourth-order valence-electron chi connectivity index (χ4n) is 4.23. The maximum atomic E-state index is 12.6. The molecule has 0 bridgehead atoms. The zero-order chi connectivity index (χ0) is 18.4. The first kappa shape index (κ1) is 17.2. The molecule has 3 atom stereocenters. The van der Waals surface area contributed by atoms with Gasteiger partial charge in [-0.2, -0.15) is 5.10 Å². The van der Waals surface area contributed by atoms with Crippen LogP contribution in [-0.4, -0.2) is 58.9 Å². The van der Waals surface area contributed by atoms with E-state index in [1.165, 1.54) is 12.8 Å². The van der Waals surface area contributed by atoms with E-state index >= 15 is 0 Å². The molecule has 6 nitrogen and oxygen atoms in total. The molecule has 142 valence electrons. The highest BCUT2D eigenvalue weighted by atomic mass is 35.5. The number of amides is 1. The van der Waals surface area contributed by atoms with Gasteiger partial charge >= 0.3 is 0 Å². The molecule has 0 radical (unpaired) electrons. The van der Waals surface area contributed by atoms with Crippen LogP contribution in [0.5, 0.6) is 0 Å². The Morgan fingerprint density at radius 2 is 2.07 bits per heavy atom. The Morgan fingerprint density at radius 1 is 1.26 bits per heavy atom. The zero-order valence-electron chi connectivity index (χ0n) is 15.0. The quantitative estimate of drug-likeness (QED) is 0.847. The van der Waals surface area contributed by atoms with Crippen molar-refractivity contribution in [3.8, 4) is 11.3 Å². The Hall–Kier alpha value is -1.89. The first-order valence-electron chi connectivity index (χ1n) is 9.63. The number of morpholine rings is 1. The maximum Gasteiger partial charge on any atom is 0.269 e. The highest BCUT2D eigenvalue weighted by molar-refractivity contribution is 6.30. The molecule has 1 amide bonds. The highest BCUT2D eigenvalue weighted by Crippen LogP contribution is 2.37. The van der Waals surface area contributed by atoms with Crippen LogP contribution in [0.15, 0.2) is 30.3 Å². The van der Waals surface area contributed by atoms with Gasteiger partial charge in [0.1, 0.15) is 5.69 Å². The van der Waals surface area contributed by atoms with Crippen molar-refractivity contribution in [2.75, 3.05) is 19.7 Å². The second-order valence-electron chi connectivity index (χ2n) is 7.90. The van der Waals surface area contributed by atoms with Gasteiger partial charge in [-0.1, -0.05) is 23.7 Å². The largest absolute Gasteiger partial charge is 0.375 e. The van der Waals surface area contributed by atoms with Crippen LogP contribution < -0.4 is 5.32 Å². The van der Waals surface area contributed by atoms with Crippen LogP contribution in [0.3, 0.4) is 0 Å². The van der Waals surface area contributed by atoms with Crippen molar-refractivity contribution in [2.24, 2.45) is 5.92 Å². The van der Waals surface area contributed by atoms with Crippen LogP contribution >= 0.6 is 11.6 Å². The molecule has 3 aliphatic rings. The lowest BCUT2D eigenvalue weighted by molar-refractivity contribution is -0.0581. The summed E-state index contributed by atoms with van der Waals surface area (Å²) in [4.78, 5) is 15.1. The van der Waals surface area contributed by atoms with E-state index in [1.54, 1.807) is 6.07 Å². The molecular formula is C20H23ClN4O2. The predicted molar refractivity (Wildman–Crippen MR) is 103 cm³/mol. The van der Waals surface area contributed by atoms with Gasteiger partial charge in [0.15, 0.2) is 0 Å². The van der Waals surface area contributed by atoms with Gasteiger partial charge in [0.2, 0.25) is 0 Å². The number of halogens is 1. The van der Waals surface area contributed by atoms with E-state index in [9.17, 15) is 4.79 Å². The van der Waals surface area contributed by atoms with Gasteiger partial charge in [0.25, 0.3) is 5.91 Å².